The van der Waals surface area contributed by atoms with E-state index in [1.54, 1.807) is 25.3 Å². The SMILES string of the molecule is CC[C@H](C)Oc1ccc(NC(=O)C2(OC)CCC(C)CC2)c(C#N)c1. The van der Waals surface area contributed by atoms with Crippen LogP contribution < -0.4 is 10.1 Å². The van der Waals surface area contributed by atoms with Crippen LogP contribution in [0.5, 0.6) is 5.75 Å². The van der Waals surface area contributed by atoms with E-state index in [4.69, 9.17) is 9.47 Å². The molecule has 1 atom stereocenters. The van der Waals surface area contributed by atoms with E-state index in [0.717, 1.165) is 19.3 Å². The lowest BCUT2D eigenvalue weighted by Gasteiger charge is -2.36. The van der Waals surface area contributed by atoms with Crippen molar-refractivity contribution in [1.29, 1.82) is 5.26 Å². The van der Waals surface area contributed by atoms with E-state index in [1.165, 1.54) is 0 Å². The van der Waals surface area contributed by atoms with Gasteiger partial charge in [-0.2, -0.15) is 5.26 Å². The number of anilines is 1. The average molecular weight is 344 g/mol. The van der Waals surface area contributed by atoms with Gasteiger partial charge in [-0.3, -0.25) is 4.79 Å². The minimum atomic E-state index is -0.800. The number of ether oxygens (including phenoxy) is 2. The van der Waals surface area contributed by atoms with Crippen LogP contribution in [0.3, 0.4) is 0 Å². The maximum atomic E-state index is 12.8. The van der Waals surface area contributed by atoms with Crippen molar-refractivity contribution in [2.24, 2.45) is 5.92 Å². The zero-order valence-corrected chi connectivity index (χ0v) is 15.6. The molecule has 0 bridgehead atoms. The van der Waals surface area contributed by atoms with Crippen LogP contribution in [-0.2, 0) is 9.53 Å². The number of amides is 1. The number of benzene rings is 1. The molecule has 0 aromatic heterocycles. The lowest BCUT2D eigenvalue weighted by molar-refractivity contribution is -0.142. The van der Waals surface area contributed by atoms with Crippen LogP contribution in [0, 0.1) is 17.2 Å². The zero-order chi connectivity index (χ0) is 18.4. The van der Waals surface area contributed by atoms with Crippen molar-refractivity contribution in [2.75, 3.05) is 12.4 Å². The van der Waals surface area contributed by atoms with Gasteiger partial charge in [0.1, 0.15) is 17.4 Å². The second kappa shape index (κ2) is 8.35. The number of carbonyl (C=O) groups excluding carboxylic acids is 1. The highest BCUT2D eigenvalue weighted by Crippen LogP contribution is 2.35. The monoisotopic (exact) mass is 344 g/mol. The van der Waals surface area contributed by atoms with Gasteiger partial charge in [-0.25, -0.2) is 0 Å². The molecule has 1 saturated carbocycles. The quantitative estimate of drug-likeness (QED) is 0.836. The fraction of sp³-hybridized carbons (Fsp3) is 0.600. The summed E-state index contributed by atoms with van der Waals surface area (Å²) in [6, 6.07) is 7.32. The lowest BCUT2D eigenvalue weighted by Crippen LogP contribution is -2.47. The highest BCUT2D eigenvalue weighted by molar-refractivity contribution is 5.98. The number of nitrogens with one attached hydrogen (secondary N) is 1. The maximum Gasteiger partial charge on any atom is 0.256 e. The van der Waals surface area contributed by atoms with Crippen molar-refractivity contribution in [2.45, 2.75) is 64.6 Å². The molecule has 0 aliphatic heterocycles. The first-order valence-electron chi connectivity index (χ1n) is 9.01. The Morgan fingerprint density at radius 3 is 2.68 bits per heavy atom. The van der Waals surface area contributed by atoms with Crippen LogP contribution in [0.2, 0.25) is 0 Å². The van der Waals surface area contributed by atoms with Crippen LogP contribution >= 0.6 is 0 Å². The van der Waals surface area contributed by atoms with Crippen molar-refractivity contribution in [3.8, 4) is 11.8 Å². The Kier molecular flexibility index (Phi) is 6.44. The molecular weight excluding hydrogens is 316 g/mol. The summed E-state index contributed by atoms with van der Waals surface area (Å²) in [7, 11) is 1.59. The molecule has 1 aromatic rings. The van der Waals surface area contributed by atoms with E-state index >= 15 is 0 Å². The number of hydrogen-bond acceptors (Lipinski definition) is 4. The Hall–Kier alpha value is -2.06. The predicted octanol–water partition coefficient (Wildman–Crippen LogP) is 4.27. The second-order valence-electron chi connectivity index (χ2n) is 6.99. The van der Waals surface area contributed by atoms with E-state index in [1.807, 2.05) is 13.8 Å². The summed E-state index contributed by atoms with van der Waals surface area (Å²) in [5.41, 5.74) is 0.0918. The first-order chi connectivity index (χ1) is 11.9. The van der Waals surface area contributed by atoms with Crippen LogP contribution in [0.4, 0.5) is 5.69 Å². The van der Waals surface area contributed by atoms with Gasteiger partial charge < -0.3 is 14.8 Å². The van der Waals surface area contributed by atoms with Crippen LogP contribution in [-0.4, -0.2) is 24.7 Å². The molecule has 25 heavy (non-hydrogen) atoms. The van der Waals surface area contributed by atoms with E-state index in [9.17, 15) is 10.1 Å². The molecule has 0 spiro atoms. The fourth-order valence-corrected chi connectivity index (χ4v) is 3.10. The Labute approximate surface area is 150 Å². The van der Waals surface area contributed by atoms with Gasteiger partial charge in [-0.1, -0.05) is 13.8 Å². The number of nitriles is 1. The first-order valence-corrected chi connectivity index (χ1v) is 9.01. The molecule has 136 valence electrons. The van der Waals surface area contributed by atoms with E-state index in [-0.39, 0.29) is 12.0 Å². The Morgan fingerprint density at radius 2 is 2.12 bits per heavy atom. The molecule has 0 heterocycles. The summed E-state index contributed by atoms with van der Waals surface area (Å²) in [5.74, 6) is 1.08. The van der Waals surface area contributed by atoms with Crippen LogP contribution in [0.15, 0.2) is 18.2 Å². The summed E-state index contributed by atoms with van der Waals surface area (Å²) < 4.78 is 11.4. The van der Waals surface area contributed by atoms with Gasteiger partial charge in [0.2, 0.25) is 0 Å². The predicted molar refractivity (Wildman–Crippen MR) is 97.5 cm³/mol. The van der Waals surface area contributed by atoms with E-state index < -0.39 is 5.60 Å². The van der Waals surface area contributed by atoms with Crippen LogP contribution in [0.25, 0.3) is 0 Å². The minimum absolute atomic E-state index is 0.0768. The highest BCUT2D eigenvalue weighted by Gasteiger charge is 2.41. The number of methoxy groups -OCH3 is 1. The number of rotatable bonds is 6. The highest BCUT2D eigenvalue weighted by atomic mass is 16.5. The summed E-state index contributed by atoms with van der Waals surface area (Å²) in [6.45, 7) is 6.22. The fourth-order valence-electron chi connectivity index (χ4n) is 3.10. The number of hydrogen-bond donors (Lipinski definition) is 1. The third-order valence-corrected chi connectivity index (χ3v) is 5.16. The summed E-state index contributed by atoms with van der Waals surface area (Å²) >= 11 is 0. The number of carbonyl (C=O) groups is 1. The maximum absolute atomic E-state index is 12.8. The topological polar surface area (TPSA) is 71.3 Å². The van der Waals surface area contributed by atoms with Gasteiger partial charge >= 0.3 is 0 Å². The average Bonchev–Trinajstić information content (AvgIpc) is 2.63. The van der Waals surface area contributed by atoms with Crippen molar-refractivity contribution < 1.29 is 14.3 Å². The van der Waals surface area contributed by atoms with Crippen molar-refractivity contribution in [3.05, 3.63) is 23.8 Å². The largest absolute Gasteiger partial charge is 0.491 e. The Balaban J connectivity index is 2.16. The van der Waals surface area contributed by atoms with E-state index in [2.05, 4.69) is 18.3 Å². The summed E-state index contributed by atoms with van der Waals surface area (Å²) in [6.07, 6.45) is 4.30. The van der Waals surface area contributed by atoms with Gasteiger partial charge in [-0.05, 0) is 57.1 Å². The second-order valence-corrected chi connectivity index (χ2v) is 6.99. The minimum Gasteiger partial charge on any atom is -0.491 e. The van der Waals surface area contributed by atoms with Gasteiger partial charge in [-0.15, -0.1) is 0 Å². The molecule has 0 radical (unpaired) electrons. The zero-order valence-electron chi connectivity index (χ0n) is 15.6. The summed E-state index contributed by atoms with van der Waals surface area (Å²) in [5, 5.41) is 12.3. The normalized spacial score (nSPS) is 24.2. The van der Waals surface area contributed by atoms with Crippen molar-refractivity contribution in [3.63, 3.8) is 0 Å². The first kappa shape index (κ1) is 19.3. The molecule has 1 aliphatic rings. The van der Waals surface area contributed by atoms with Gasteiger partial charge in [0.05, 0.1) is 17.4 Å². The molecule has 5 nitrogen and oxygen atoms in total. The molecule has 5 heteroatoms. The standard InChI is InChI=1S/C20H28N2O3/c1-5-15(3)25-17-6-7-18(16(12-17)13-21)22-19(23)20(24-4)10-8-14(2)9-11-20/h6-7,12,14-15H,5,8-11H2,1-4H3,(H,22,23)/t14?,15-,20?/m0/s1. The molecule has 1 aliphatic carbocycles. The summed E-state index contributed by atoms with van der Waals surface area (Å²) in [4.78, 5) is 12.8. The third kappa shape index (κ3) is 4.52. The molecule has 2 rings (SSSR count). The molecular formula is C20H28N2O3. The van der Waals surface area contributed by atoms with Crippen molar-refractivity contribution >= 4 is 11.6 Å². The molecule has 0 unspecified atom stereocenters. The molecule has 1 N–H and O–H groups in total. The third-order valence-electron chi connectivity index (χ3n) is 5.16. The smallest absolute Gasteiger partial charge is 0.256 e. The molecule has 1 aromatic carbocycles. The molecule has 1 amide bonds. The van der Waals surface area contributed by atoms with Crippen LogP contribution in [0.1, 0.15) is 58.4 Å². The van der Waals surface area contributed by atoms with E-state index in [0.29, 0.717) is 35.8 Å². The Bertz CT molecular complexity index is 643. The molecule has 1 fully saturated rings. The lowest BCUT2D eigenvalue weighted by atomic mass is 9.79. The molecule has 0 saturated heterocycles. The number of nitrogens with zero attached hydrogens (tertiary/aromatic N) is 1. The van der Waals surface area contributed by atoms with Crippen molar-refractivity contribution in [1.82, 2.24) is 0 Å². The van der Waals surface area contributed by atoms with Gasteiger partial charge in [0.25, 0.3) is 5.91 Å². The van der Waals surface area contributed by atoms with Gasteiger partial charge in [0.15, 0.2) is 0 Å². The Morgan fingerprint density at radius 1 is 1.44 bits per heavy atom. The van der Waals surface area contributed by atoms with Gasteiger partial charge in [0, 0.05) is 13.2 Å².